The maximum atomic E-state index is 12.8. The number of hydrogen-bond acceptors (Lipinski definition) is 2. The topological polar surface area (TPSA) is 46.3 Å². The standard InChI is InChI=1S/C17H17ClN2O/c18-13-8-4-9-14(19)16(13)17(21)20-11-5-10-15(20)12-6-2-1-3-7-12/h1-4,6-9,15H,5,10-11,19H2. The molecule has 1 unspecified atom stereocenters. The van der Waals surface area contributed by atoms with Gasteiger partial charge in [0.1, 0.15) is 0 Å². The lowest BCUT2D eigenvalue weighted by molar-refractivity contribution is 0.0737. The van der Waals surface area contributed by atoms with Gasteiger partial charge in [-0.15, -0.1) is 0 Å². The molecule has 2 aromatic carbocycles. The predicted molar refractivity (Wildman–Crippen MR) is 85.3 cm³/mol. The van der Waals surface area contributed by atoms with Gasteiger partial charge in [0.25, 0.3) is 5.91 Å². The second kappa shape index (κ2) is 5.78. The number of likely N-dealkylation sites (tertiary alicyclic amines) is 1. The van der Waals surface area contributed by atoms with Crippen LogP contribution in [0.5, 0.6) is 0 Å². The van der Waals surface area contributed by atoms with Gasteiger partial charge >= 0.3 is 0 Å². The molecule has 1 amide bonds. The molecule has 21 heavy (non-hydrogen) atoms. The first kappa shape index (κ1) is 14.0. The fourth-order valence-electron chi connectivity index (χ4n) is 2.94. The Bertz CT molecular complexity index is 637. The number of rotatable bonds is 2. The smallest absolute Gasteiger partial charge is 0.257 e. The molecule has 0 aliphatic carbocycles. The van der Waals surface area contributed by atoms with Gasteiger partial charge in [-0.05, 0) is 30.5 Å². The van der Waals surface area contributed by atoms with Gasteiger partial charge in [-0.3, -0.25) is 4.79 Å². The first-order valence-corrected chi connectivity index (χ1v) is 7.46. The van der Waals surface area contributed by atoms with Crippen LogP contribution < -0.4 is 5.73 Å². The van der Waals surface area contributed by atoms with Crippen LogP contribution in [0.25, 0.3) is 0 Å². The average Bonchev–Trinajstić information content (AvgIpc) is 2.97. The van der Waals surface area contributed by atoms with Crippen molar-refractivity contribution in [2.24, 2.45) is 0 Å². The summed E-state index contributed by atoms with van der Waals surface area (Å²) >= 11 is 6.17. The average molecular weight is 301 g/mol. The van der Waals surface area contributed by atoms with Crippen molar-refractivity contribution in [3.8, 4) is 0 Å². The molecule has 1 saturated heterocycles. The highest BCUT2D eigenvalue weighted by atomic mass is 35.5. The lowest BCUT2D eigenvalue weighted by Crippen LogP contribution is -2.31. The summed E-state index contributed by atoms with van der Waals surface area (Å²) in [5.41, 5.74) is 7.96. The van der Waals surface area contributed by atoms with Gasteiger partial charge in [-0.1, -0.05) is 48.0 Å². The molecule has 3 rings (SSSR count). The molecule has 108 valence electrons. The van der Waals surface area contributed by atoms with Crippen LogP contribution in [0.1, 0.15) is 34.8 Å². The number of nitrogens with two attached hydrogens (primary N) is 1. The molecule has 0 saturated carbocycles. The summed E-state index contributed by atoms with van der Waals surface area (Å²) in [5.74, 6) is -0.0792. The van der Waals surface area contributed by atoms with Gasteiger partial charge in [0.2, 0.25) is 0 Å². The van der Waals surface area contributed by atoms with Crippen molar-refractivity contribution in [2.75, 3.05) is 12.3 Å². The van der Waals surface area contributed by atoms with Crippen molar-refractivity contribution in [3.63, 3.8) is 0 Å². The van der Waals surface area contributed by atoms with E-state index in [9.17, 15) is 4.79 Å². The van der Waals surface area contributed by atoms with Crippen LogP contribution in [0.4, 0.5) is 5.69 Å². The molecule has 1 heterocycles. The Morgan fingerprint density at radius 1 is 1.14 bits per heavy atom. The molecule has 2 N–H and O–H groups in total. The van der Waals surface area contributed by atoms with Crippen LogP contribution >= 0.6 is 11.6 Å². The molecule has 3 nitrogen and oxygen atoms in total. The van der Waals surface area contributed by atoms with Crippen molar-refractivity contribution in [1.82, 2.24) is 4.90 Å². The summed E-state index contributed by atoms with van der Waals surface area (Å²) in [6.07, 6.45) is 1.97. The highest BCUT2D eigenvalue weighted by Crippen LogP contribution is 2.35. The van der Waals surface area contributed by atoms with Crippen LogP contribution in [-0.2, 0) is 0 Å². The van der Waals surface area contributed by atoms with Crippen LogP contribution in [0, 0.1) is 0 Å². The summed E-state index contributed by atoms with van der Waals surface area (Å²) < 4.78 is 0. The van der Waals surface area contributed by atoms with E-state index >= 15 is 0 Å². The van der Waals surface area contributed by atoms with Crippen molar-refractivity contribution >= 4 is 23.2 Å². The van der Waals surface area contributed by atoms with Crippen molar-refractivity contribution in [3.05, 3.63) is 64.7 Å². The van der Waals surface area contributed by atoms with E-state index in [-0.39, 0.29) is 11.9 Å². The summed E-state index contributed by atoms with van der Waals surface area (Å²) in [6.45, 7) is 0.739. The number of nitrogen functional groups attached to an aromatic ring is 1. The zero-order valence-electron chi connectivity index (χ0n) is 11.6. The molecule has 1 aliphatic rings. The maximum absolute atomic E-state index is 12.8. The number of carbonyl (C=O) groups excluding carboxylic acids is 1. The van der Waals surface area contributed by atoms with Crippen LogP contribution in [-0.4, -0.2) is 17.4 Å². The van der Waals surface area contributed by atoms with Gasteiger partial charge in [-0.2, -0.15) is 0 Å². The molecular weight excluding hydrogens is 284 g/mol. The predicted octanol–water partition coefficient (Wildman–Crippen LogP) is 3.90. The minimum absolute atomic E-state index is 0.0792. The van der Waals surface area contributed by atoms with Crippen LogP contribution in [0.15, 0.2) is 48.5 Å². The second-order valence-electron chi connectivity index (χ2n) is 5.27. The van der Waals surface area contributed by atoms with Crippen molar-refractivity contribution in [1.29, 1.82) is 0 Å². The number of carbonyl (C=O) groups is 1. The molecule has 1 atom stereocenters. The summed E-state index contributed by atoms with van der Waals surface area (Å²) in [7, 11) is 0. The van der Waals surface area contributed by atoms with Gasteiger partial charge < -0.3 is 10.6 Å². The number of amides is 1. The largest absolute Gasteiger partial charge is 0.398 e. The van der Waals surface area contributed by atoms with Crippen LogP contribution in [0.3, 0.4) is 0 Å². The first-order chi connectivity index (χ1) is 10.2. The normalized spacial score (nSPS) is 18.0. The first-order valence-electron chi connectivity index (χ1n) is 7.08. The quantitative estimate of drug-likeness (QED) is 0.855. The Labute approximate surface area is 129 Å². The molecule has 4 heteroatoms. The van der Waals surface area contributed by atoms with Gasteiger partial charge in [0, 0.05) is 12.2 Å². The summed E-state index contributed by atoms with van der Waals surface area (Å²) in [5, 5.41) is 0.415. The molecule has 0 bridgehead atoms. The highest BCUT2D eigenvalue weighted by Gasteiger charge is 2.32. The van der Waals surface area contributed by atoms with Crippen molar-refractivity contribution < 1.29 is 4.79 Å². The van der Waals surface area contributed by atoms with E-state index in [1.165, 1.54) is 0 Å². The second-order valence-corrected chi connectivity index (χ2v) is 5.68. The van der Waals surface area contributed by atoms with Gasteiger partial charge in [-0.25, -0.2) is 0 Å². The number of benzene rings is 2. The minimum Gasteiger partial charge on any atom is -0.398 e. The van der Waals surface area contributed by atoms with Gasteiger partial charge in [0.05, 0.1) is 16.6 Å². The number of anilines is 1. The van der Waals surface area contributed by atoms with Gasteiger partial charge in [0.15, 0.2) is 0 Å². The number of nitrogens with zero attached hydrogens (tertiary/aromatic N) is 1. The monoisotopic (exact) mass is 300 g/mol. The van der Waals surface area contributed by atoms with Crippen LogP contribution in [0.2, 0.25) is 5.02 Å². The van der Waals surface area contributed by atoms with E-state index in [0.717, 1.165) is 24.9 Å². The Morgan fingerprint density at radius 3 is 2.62 bits per heavy atom. The minimum atomic E-state index is -0.0792. The molecule has 2 aromatic rings. The van der Waals surface area contributed by atoms with E-state index in [4.69, 9.17) is 17.3 Å². The Morgan fingerprint density at radius 2 is 1.90 bits per heavy atom. The Kier molecular flexibility index (Phi) is 3.84. The molecule has 0 radical (unpaired) electrons. The number of hydrogen-bond donors (Lipinski definition) is 1. The fraction of sp³-hybridized carbons (Fsp3) is 0.235. The zero-order valence-corrected chi connectivity index (χ0v) is 12.4. The number of halogens is 1. The van der Waals surface area contributed by atoms with E-state index in [0.29, 0.717) is 16.3 Å². The Balaban J connectivity index is 1.94. The highest BCUT2D eigenvalue weighted by molar-refractivity contribution is 6.34. The third-order valence-corrected chi connectivity index (χ3v) is 4.27. The lowest BCUT2D eigenvalue weighted by Gasteiger charge is -2.26. The molecule has 0 aromatic heterocycles. The molecule has 1 fully saturated rings. The maximum Gasteiger partial charge on any atom is 0.257 e. The SMILES string of the molecule is Nc1cccc(Cl)c1C(=O)N1CCCC1c1ccccc1. The van der Waals surface area contributed by atoms with E-state index in [2.05, 4.69) is 12.1 Å². The summed E-state index contributed by atoms with van der Waals surface area (Å²) in [6, 6.07) is 15.4. The molecule has 0 spiro atoms. The fourth-order valence-corrected chi connectivity index (χ4v) is 3.20. The zero-order chi connectivity index (χ0) is 14.8. The van der Waals surface area contributed by atoms with E-state index in [1.54, 1.807) is 18.2 Å². The molecular formula is C17H17ClN2O. The van der Waals surface area contributed by atoms with Crippen molar-refractivity contribution in [2.45, 2.75) is 18.9 Å². The third kappa shape index (κ3) is 2.61. The lowest BCUT2D eigenvalue weighted by atomic mass is 10.0. The van der Waals surface area contributed by atoms with E-state index < -0.39 is 0 Å². The van der Waals surface area contributed by atoms with E-state index in [1.807, 2.05) is 23.1 Å². The molecule has 1 aliphatic heterocycles. The third-order valence-electron chi connectivity index (χ3n) is 3.96. The summed E-state index contributed by atoms with van der Waals surface area (Å²) in [4.78, 5) is 14.7. The Hall–Kier alpha value is -2.00.